The average molecular weight is 260 g/mol. The van der Waals surface area contributed by atoms with Gasteiger partial charge in [0.25, 0.3) is 0 Å². The van der Waals surface area contributed by atoms with Crippen molar-refractivity contribution in [2.24, 2.45) is 23.2 Å². The minimum absolute atomic E-state index is 0.0518. The zero-order valence-electron chi connectivity index (χ0n) is 10.6. The quantitative estimate of drug-likeness (QED) is 0.683. The Morgan fingerprint density at radius 2 is 1.72 bits per heavy atom. The molecule has 2 atom stereocenters. The van der Waals surface area contributed by atoms with E-state index in [9.17, 15) is 13.2 Å². The highest BCUT2D eigenvalue weighted by molar-refractivity contribution is 5.18. The van der Waals surface area contributed by atoms with Crippen molar-refractivity contribution in [3.05, 3.63) is 12.7 Å². The summed E-state index contributed by atoms with van der Waals surface area (Å²) in [5.74, 6) is -0.329. The van der Waals surface area contributed by atoms with E-state index in [0.29, 0.717) is 31.6 Å². The molecule has 102 valence electrons. The van der Waals surface area contributed by atoms with Crippen LogP contribution in [0.4, 0.5) is 13.2 Å². The Morgan fingerprint density at radius 1 is 1.17 bits per heavy atom. The maximum atomic E-state index is 13.5. The van der Waals surface area contributed by atoms with Crippen LogP contribution in [0.15, 0.2) is 12.7 Å². The van der Waals surface area contributed by atoms with Crippen LogP contribution in [0, 0.1) is 23.2 Å². The zero-order chi connectivity index (χ0) is 13.2. The third-order valence-electron chi connectivity index (χ3n) is 5.66. The molecule has 4 rings (SSSR count). The topological polar surface area (TPSA) is 9.23 Å². The second-order valence-electron chi connectivity index (χ2n) is 6.41. The molecule has 0 aromatic heterocycles. The second-order valence-corrected chi connectivity index (χ2v) is 6.41. The van der Waals surface area contributed by atoms with Gasteiger partial charge in [0, 0.05) is 7.11 Å². The molecule has 4 saturated carbocycles. The number of allylic oxidation sites excluding steroid dienone is 1. The maximum absolute atomic E-state index is 13.5. The monoisotopic (exact) mass is 260 g/mol. The fourth-order valence-electron chi connectivity index (χ4n) is 5.19. The highest BCUT2D eigenvalue weighted by Gasteiger charge is 2.71. The molecular weight excluding hydrogens is 241 g/mol. The van der Waals surface area contributed by atoms with Gasteiger partial charge in [-0.15, -0.1) is 6.58 Å². The lowest BCUT2D eigenvalue weighted by atomic mass is 9.44. The van der Waals surface area contributed by atoms with E-state index in [2.05, 4.69) is 6.58 Å². The van der Waals surface area contributed by atoms with E-state index in [1.54, 1.807) is 0 Å². The van der Waals surface area contributed by atoms with E-state index in [1.807, 2.05) is 6.08 Å². The first-order valence-corrected chi connectivity index (χ1v) is 6.62. The number of alkyl halides is 3. The van der Waals surface area contributed by atoms with Crippen LogP contribution in [-0.4, -0.2) is 18.9 Å². The standard InChI is InChI=1S/C14H19F3O/c1-3-12-6-9-4-10(7-12)13(18-2,14(15,16)17)11(5-9)8-12/h3,9-11H,1,4-8H2,2H3. The number of rotatable bonds is 2. The highest BCUT2D eigenvalue weighted by Crippen LogP contribution is 2.68. The van der Waals surface area contributed by atoms with Crippen LogP contribution in [0.1, 0.15) is 32.1 Å². The van der Waals surface area contributed by atoms with Gasteiger partial charge in [0.15, 0.2) is 5.60 Å². The Labute approximate surface area is 105 Å². The lowest BCUT2D eigenvalue weighted by Crippen LogP contribution is -2.67. The van der Waals surface area contributed by atoms with Gasteiger partial charge >= 0.3 is 6.18 Å². The molecule has 4 aliphatic carbocycles. The summed E-state index contributed by atoms with van der Waals surface area (Å²) in [7, 11) is 1.23. The first kappa shape index (κ1) is 12.5. The molecule has 4 aliphatic rings. The van der Waals surface area contributed by atoms with E-state index >= 15 is 0 Å². The maximum Gasteiger partial charge on any atom is 0.417 e. The SMILES string of the molecule is C=CC12CC3CC(C1)C(OC)(C(F)(F)F)C(C3)C2. The molecule has 0 N–H and O–H groups in total. The molecule has 0 aromatic rings. The fraction of sp³-hybridized carbons (Fsp3) is 0.857. The van der Waals surface area contributed by atoms with Crippen LogP contribution in [0.25, 0.3) is 0 Å². The molecule has 0 radical (unpaired) electrons. The molecule has 4 fully saturated rings. The molecule has 2 unspecified atom stereocenters. The second kappa shape index (κ2) is 3.53. The first-order valence-electron chi connectivity index (χ1n) is 6.62. The Morgan fingerprint density at radius 3 is 2.11 bits per heavy atom. The molecule has 0 amide bonds. The zero-order valence-corrected chi connectivity index (χ0v) is 10.6. The van der Waals surface area contributed by atoms with E-state index in [4.69, 9.17) is 4.74 Å². The Kier molecular flexibility index (Phi) is 2.45. The molecule has 0 aliphatic heterocycles. The molecular formula is C14H19F3O. The number of hydrogen-bond acceptors (Lipinski definition) is 1. The van der Waals surface area contributed by atoms with Gasteiger partial charge in [-0.3, -0.25) is 0 Å². The normalized spacial score (nSPS) is 50.6. The molecule has 4 bridgehead atoms. The van der Waals surface area contributed by atoms with Crippen LogP contribution in [0.2, 0.25) is 0 Å². The third-order valence-corrected chi connectivity index (χ3v) is 5.66. The molecule has 0 saturated heterocycles. The summed E-state index contributed by atoms with van der Waals surface area (Å²) in [6.07, 6.45) is 1.20. The van der Waals surface area contributed by atoms with Crippen molar-refractivity contribution in [2.45, 2.75) is 43.9 Å². The lowest BCUT2D eigenvalue weighted by Gasteiger charge is -2.64. The lowest BCUT2D eigenvalue weighted by molar-refractivity contribution is -0.345. The average Bonchev–Trinajstić information content (AvgIpc) is 2.27. The van der Waals surface area contributed by atoms with Crippen LogP contribution in [0.5, 0.6) is 0 Å². The van der Waals surface area contributed by atoms with E-state index in [-0.39, 0.29) is 17.3 Å². The molecule has 18 heavy (non-hydrogen) atoms. The Bertz CT molecular complexity index is 358. The van der Waals surface area contributed by atoms with Crippen molar-refractivity contribution in [1.29, 1.82) is 0 Å². The van der Waals surface area contributed by atoms with Crippen molar-refractivity contribution in [3.63, 3.8) is 0 Å². The summed E-state index contributed by atoms with van der Waals surface area (Å²) in [5, 5.41) is 0. The van der Waals surface area contributed by atoms with Gasteiger partial charge in [-0.25, -0.2) is 0 Å². The van der Waals surface area contributed by atoms with Crippen LogP contribution < -0.4 is 0 Å². The Hall–Kier alpha value is -0.510. The molecule has 1 nitrogen and oxygen atoms in total. The summed E-state index contributed by atoms with van der Waals surface area (Å²) in [6.45, 7) is 3.86. The minimum Gasteiger partial charge on any atom is -0.368 e. The van der Waals surface area contributed by atoms with E-state index < -0.39 is 11.8 Å². The number of halogens is 3. The van der Waals surface area contributed by atoms with Gasteiger partial charge in [0.2, 0.25) is 0 Å². The Balaban J connectivity index is 2.04. The summed E-state index contributed by atoms with van der Waals surface area (Å²) >= 11 is 0. The minimum atomic E-state index is -4.26. The molecule has 0 heterocycles. The predicted octanol–water partition coefficient (Wildman–Crippen LogP) is 3.95. The number of hydrogen-bond donors (Lipinski definition) is 0. The van der Waals surface area contributed by atoms with Crippen LogP contribution >= 0.6 is 0 Å². The van der Waals surface area contributed by atoms with Gasteiger partial charge in [0.1, 0.15) is 0 Å². The van der Waals surface area contributed by atoms with Crippen LogP contribution in [-0.2, 0) is 4.74 Å². The summed E-state index contributed by atoms with van der Waals surface area (Å²) in [5.41, 5.74) is -1.94. The van der Waals surface area contributed by atoms with Gasteiger partial charge in [0.05, 0.1) is 0 Å². The van der Waals surface area contributed by atoms with E-state index in [0.717, 1.165) is 6.42 Å². The van der Waals surface area contributed by atoms with Gasteiger partial charge < -0.3 is 4.74 Å². The smallest absolute Gasteiger partial charge is 0.368 e. The van der Waals surface area contributed by atoms with Crippen molar-refractivity contribution in [2.75, 3.05) is 7.11 Å². The van der Waals surface area contributed by atoms with Gasteiger partial charge in [-0.1, -0.05) is 6.08 Å². The van der Waals surface area contributed by atoms with Crippen molar-refractivity contribution < 1.29 is 17.9 Å². The third kappa shape index (κ3) is 1.33. The largest absolute Gasteiger partial charge is 0.417 e. The fourth-order valence-corrected chi connectivity index (χ4v) is 5.19. The highest BCUT2D eigenvalue weighted by atomic mass is 19.4. The number of ether oxygens (including phenoxy) is 1. The van der Waals surface area contributed by atoms with Crippen molar-refractivity contribution in [3.8, 4) is 0 Å². The molecule has 0 aromatic carbocycles. The summed E-state index contributed by atoms with van der Waals surface area (Å²) < 4.78 is 45.7. The predicted molar refractivity (Wildman–Crippen MR) is 62.0 cm³/mol. The van der Waals surface area contributed by atoms with Crippen molar-refractivity contribution in [1.82, 2.24) is 0 Å². The number of methoxy groups -OCH3 is 1. The van der Waals surface area contributed by atoms with E-state index in [1.165, 1.54) is 7.11 Å². The molecule has 4 heteroatoms. The summed E-state index contributed by atoms with van der Waals surface area (Å²) in [6, 6.07) is 0. The van der Waals surface area contributed by atoms with Gasteiger partial charge in [-0.05, 0) is 55.3 Å². The first-order chi connectivity index (χ1) is 8.37. The van der Waals surface area contributed by atoms with Gasteiger partial charge in [-0.2, -0.15) is 13.2 Å². The van der Waals surface area contributed by atoms with Crippen LogP contribution in [0.3, 0.4) is 0 Å². The molecule has 0 spiro atoms. The van der Waals surface area contributed by atoms with Crippen molar-refractivity contribution >= 4 is 0 Å². The summed E-state index contributed by atoms with van der Waals surface area (Å²) in [4.78, 5) is 0.